The average molecular weight is 340 g/mol. The summed E-state index contributed by atoms with van der Waals surface area (Å²) in [7, 11) is 1.52. The molecule has 0 bridgehead atoms. The number of benzene rings is 2. The van der Waals surface area contributed by atoms with Gasteiger partial charge in [-0.15, -0.1) is 0 Å². The van der Waals surface area contributed by atoms with Crippen LogP contribution in [-0.4, -0.2) is 19.1 Å². The Hall–Kier alpha value is -1.91. The third-order valence-corrected chi connectivity index (χ3v) is 3.48. The largest absolute Gasteiger partial charge is 0.495 e. The van der Waals surface area contributed by atoms with Crippen LogP contribution in [-0.2, 0) is 4.79 Å². The number of halogens is 2. The molecule has 0 saturated carbocycles. The standard InChI is InChI=1S/C16H15Cl2NO3/c1-10(22-14-6-4-3-5-12(14)18)16(20)19-13-9-11(17)7-8-15(13)21-2/h3-10H,1-2H3,(H,19,20)/t10-/m1/s1. The molecule has 1 N–H and O–H groups in total. The predicted octanol–water partition coefficient (Wildman–Crippen LogP) is 4.41. The number of amides is 1. The molecule has 0 spiro atoms. The second-order valence-corrected chi connectivity index (χ2v) is 5.37. The van der Waals surface area contributed by atoms with Gasteiger partial charge in [0.2, 0.25) is 0 Å². The SMILES string of the molecule is COc1ccc(Cl)cc1NC(=O)[C@@H](C)Oc1ccccc1Cl. The summed E-state index contributed by atoms with van der Waals surface area (Å²) in [6.45, 7) is 1.63. The molecule has 0 aliphatic heterocycles. The monoisotopic (exact) mass is 339 g/mol. The van der Waals surface area contributed by atoms with E-state index in [1.54, 1.807) is 49.4 Å². The minimum absolute atomic E-state index is 0.333. The van der Waals surface area contributed by atoms with Crippen molar-refractivity contribution in [2.75, 3.05) is 12.4 Å². The maximum absolute atomic E-state index is 12.2. The van der Waals surface area contributed by atoms with Gasteiger partial charge in [0.25, 0.3) is 5.91 Å². The Labute approximate surface area is 138 Å². The maximum Gasteiger partial charge on any atom is 0.265 e. The quantitative estimate of drug-likeness (QED) is 0.877. The fraction of sp³-hybridized carbons (Fsp3) is 0.188. The number of hydrogen-bond donors (Lipinski definition) is 1. The summed E-state index contributed by atoms with van der Waals surface area (Å²) in [5.74, 6) is 0.632. The number of methoxy groups -OCH3 is 1. The van der Waals surface area contributed by atoms with Gasteiger partial charge in [0.05, 0.1) is 17.8 Å². The van der Waals surface area contributed by atoms with Crippen LogP contribution >= 0.6 is 23.2 Å². The van der Waals surface area contributed by atoms with Crippen LogP contribution in [0.25, 0.3) is 0 Å². The average Bonchev–Trinajstić information content (AvgIpc) is 2.49. The van der Waals surface area contributed by atoms with Gasteiger partial charge in [-0.1, -0.05) is 35.3 Å². The van der Waals surface area contributed by atoms with Gasteiger partial charge in [0.1, 0.15) is 11.5 Å². The summed E-state index contributed by atoms with van der Waals surface area (Å²) < 4.78 is 10.7. The Morgan fingerprint density at radius 3 is 2.55 bits per heavy atom. The zero-order chi connectivity index (χ0) is 16.1. The third-order valence-electron chi connectivity index (χ3n) is 2.93. The first-order valence-electron chi connectivity index (χ1n) is 6.57. The van der Waals surface area contributed by atoms with E-state index in [-0.39, 0.29) is 5.91 Å². The number of rotatable bonds is 5. The molecule has 2 aromatic carbocycles. The van der Waals surface area contributed by atoms with E-state index in [1.807, 2.05) is 0 Å². The molecule has 116 valence electrons. The van der Waals surface area contributed by atoms with Crippen molar-refractivity contribution < 1.29 is 14.3 Å². The molecule has 1 atom stereocenters. The number of para-hydroxylation sites is 1. The number of nitrogens with one attached hydrogen (secondary N) is 1. The highest BCUT2D eigenvalue weighted by atomic mass is 35.5. The van der Waals surface area contributed by atoms with Crippen LogP contribution in [0.15, 0.2) is 42.5 Å². The lowest BCUT2D eigenvalue weighted by Gasteiger charge is -2.17. The number of carbonyl (C=O) groups is 1. The van der Waals surface area contributed by atoms with Crippen molar-refractivity contribution in [3.05, 3.63) is 52.5 Å². The summed E-state index contributed by atoms with van der Waals surface area (Å²) >= 11 is 11.9. The molecule has 4 nitrogen and oxygen atoms in total. The highest BCUT2D eigenvalue weighted by Gasteiger charge is 2.18. The van der Waals surface area contributed by atoms with Crippen molar-refractivity contribution in [1.82, 2.24) is 0 Å². The molecule has 2 aromatic rings. The van der Waals surface area contributed by atoms with Gasteiger partial charge in [-0.2, -0.15) is 0 Å². The van der Waals surface area contributed by atoms with Crippen molar-refractivity contribution in [3.63, 3.8) is 0 Å². The van der Waals surface area contributed by atoms with E-state index in [1.165, 1.54) is 7.11 Å². The normalized spacial score (nSPS) is 11.6. The summed E-state index contributed by atoms with van der Waals surface area (Å²) in [6, 6.07) is 11.9. The molecule has 0 radical (unpaired) electrons. The zero-order valence-electron chi connectivity index (χ0n) is 12.1. The zero-order valence-corrected chi connectivity index (χ0v) is 13.6. The lowest BCUT2D eigenvalue weighted by atomic mass is 10.2. The second kappa shape index (κ2) is 7.38. The second-order valence-electron chi connectivity index (χ2n) is 4.52. The number of hydrogen-bond acceptors (Lipinski definition) is 3. The minimum atomic E-state index is -0.733. The van der Waals surface area contributed by atoms with Crippen LogP contribution in [0.5, 0.6) is 11.5 Å². The van der Waals surface area contributed by atoms with Gasteiger partial charge in [-0.05, 0) is 37.3 Å². The van der Waals surface area contributed by atoms with Crippen molar-refractivity contribution >= 4 is 34.8 Å². The van der Waals surface area contributed by atoms with Crippen LogP contribution in [0.1, 0.15) is 6.92 Å². The van der Waals surface area contributed by atoms with E-state index < -0.39 is 6.10 Å². The van der Waals surface area contributed by atoms with Gasteiger partial charge in [-0.25, -0.2) is 0 Å². The molecule has 22 heavy (non-hydrogen) atoms. The van der Waals surface area contributed by atoms with E-state index in [2.05, 4.69) is 5.32 Å². The summed E-state index contributed by atoms with van der Waals surface area (Å²) in [6.07, 6.45) is -0.733. The van der Waals surface area contributed by atoms with Crippen molar-refractivity contribution in [1.29, 1.82) is 0 Å². The number of ether oxygens (including phenoxy) is 2. The highest BCUT2D eigenvalue weighted by molar-refractivity contribution is 6.32. The van der Waals surface area contributed by atoms with E-state index in [9.17, 15) is 4.79 Å². The minimum Gasteiger partial charge on any atom is -0.495 e. The molecule has 1 amide bonds. The van der Waals surface area contributed by atoms with Gasteiger partial charge < -0.3 is 14.8 Å². The number of carbonyl (C=O) groups excluding carboxylic acids is 1. The van der Waals surface area contributed by atoms with Crippen LogP contribution < -0.4 is 14.8 Å². The number of anilines is 1. The molecular weight excluding hydrogens is 325 g/mol. The van der Waals surface area contributed by atoms with Crippen LogP contribution in [0.2, 0.25) is 10.0 Å². The summed E-state index contributed by atoms with van der Waals surface area (Å²) in [5.41, 5.74) is 0.481. The Morgan fingerprint density at radius 1 is 1.14 bits per heavy atom. The molecule has 0 aliphatic rings. The molecule has 2 rings (SSSR count). The molecule has 0 fully saturated rings. The molecule has 6 heteroatoms. The lowest BCUT2D eigenvalue weighted by Crippen LogP contribution is -2.30. The fourth-order valence-electron chi connectivity index (χ4n) is 1.80. The third kappa shape index (κ3) is 4.06. The maximum atomic E-state index is 12.2. The molecule has 0 heterocycles. The molecular formula is C16H15Cl2NO3. The highest BCUT2D eigenvalue weighted by Crippen LogP contribution is 2.28. The molecule has 0 unspecified atom stereocenters. The first kappa shape index (κ1) is 16.5. The topological polar surface area (TPSA) is 47.6 Å². The van der Waals surface area contributed by atoms with Gasteiger partial charge in [-0.3, -0.25) is 4.79 Å². The van der Waals surface area contributed by atoms with E-state index >= 15 is 0 Å². The molecule has 0 aromatic heterocycles. The van der Waals surface area contributed by atoms with Gasteiger partial charge >= 0.3 is 0 Å². The Bertz CT molecular complexity index is 676. The first-order chi connectivity index (χ1) is 10.5. The van der Waals surface area contributed by atoms with Crippen LogP contribution in [0, 0.1) is 0 Å². The summed E-state index contributed by atoms with van der Waals surface area (Å²) in [5, 5.41) is 3.67. The van der Waals surface area contributed by atoms with Crippen molar-refractivity contribution in [2.45, 2.75) is 13.0 Å². The molecule has 0 aliphatic carbocycles. The lowest BCUT2D eigenvalue weighted by molar-refractivity contribution is -0.122. The van der Waals surface area contributed by atoms with Crippen molar-refractivity contribution in [2.24, 2.45) is 0 Å². The smallest absolute Gasteiger partial charge is 0.265 e. The van der Waals surface area contributed by atoms with Gasteiger partial charge in [0, 0.05) is 5.02 Å². The Balaban J connectivity index is 2.09. The van der Waals surface area contributed by atoms with Crippen molar-refractivity contribution in [3.8, 4) is 11.5 Å². The Morgan fingerprint density at radius 2 is 1.86 bits per heavy atom. The van der Waals surface area contributed by atoms with Crippen LogP contribution in [0.4, 0.5) is 5.69 Å². The van der Waals surface area contributed by atoms with E-state index in [0.717, 1.165) is 0 Å². The molecule has 0 saturated heterocycles. The van der Waals surface area contributed by atoms with Crippen LogP contribution in [0.3, 0.4) is 0 Å². The Kier molecular flexibility index (Phi) is 5.52. The van der Waals surface area contributed by atoms with Gasteiger partial charge in [0.15, 0.2) is 6.10 Å². The predicted molar refractivity (Wildman–Crippen MR) is 88.2 cm³/mol. The first-order valence-corrected chi connectivity index (χ1v) is 7.32. The van der Waals surface area contributed by atoms with E-state index in [4.69, 9.17) is 32.7 Å². The van der Waals surface area contributed by atoms with E-state index in [0.29, 0.717) is 27.2 Å². The summed E-state index contributed by atoms with van der Waals surface area (Å²) in [4.78, 5) is 12.2. The fourth-order valence-corrected chi connectivity index (χ4v) is 2.15.